The summed E-state index contributed by atoms with van der Waals surface area (Å²) in [5, 5.41) is 0.650. The van der Waals surface area contributed by atoms with Crippen LogP contribution in [0, 0.1) is 17.6 Å². The van der Waals surface area contributed by atoms with Gasteiger partial charge < -0.3 is 10.6 Å². The van der Waals surface area contributed by atoms with Gasteiger partial charge in [-0.25, -0.2) is 23.3 Å². The van der Waals surface area contributed by atoms with Crippen LogP contribution in [-0.4, -0.2) is 49.6 Å². The van der Waals surface area contributed by atoms with Gasteiger partial charge in [0.1, 0.15) is 12.2 Å². The van der Waals surface area contributed by atoms with E-state index in [0.29, 0.717) is 29.4 Å². The van der Waals surface area contributed by atoms with Gasteiger partial charge in [-0.05, 0) is 6.07 Å². The fourth-order valence-electron chi connectivity index (χ4n) is 3.16. The van der Waals surface area contributed by atoms with Crippen molar-refractivity contribution in [3.8, 4) is 0 Å². The second-order valence-electron chi connectivity index (χ2n) is 5.79. The molecular weight excluding hydrogens is 334 g/mol. The van der Waals surface area contributed by atoms with Crippen LogP contribution in [0.2, 0.25) is 0 Å². The molecular formula is C15H15F2N6S+. The van der Waals surface area contributed by atoms with E-state index < -0.39 is 5.82 Å². The molecule has 24 heavy (non-hydrogen) atoms. The lowest BCUT2D eigenvalue weighted by atomic mass is 10.1. The van der Waals surface area contributed by atoms with E-state index in [0.717, 1.165) is 12.3 Å². The molecule has 6 nitrogen and oxygen atoms in total. The Morgan fingerprint density at radius 2 is 1.83 bits per heavy atom. The summed E-state index contributed by atoms with van der Waals surface area (Å²) in [5.41, 5.74) is 6.18. The topological polar surface area (TPSA) is 70.9 Å². The summed E-state index contributed by atoms with van der Waals surface area (Å²) in [5.74, 6) is 1.50. The van der Waals surface area contributed by atoms with E-state index in [1.54, 1.807) is 17.8 Å². The lowest BCUT2D eigenvalue weighted by molar-refractivity contribution is -0.490. The number of fused-ring (bicyclic) bond motifs is 1. The molecule has 0 amide bonds. The maximum Gasteiger partial charge on any atom is 0.263 e. The van der Waals surface area contributed by atoms with Crippen molar-refractivity contribution in [2.75, 3.05) is 23.7 Å². The number of halogens is 2. The third-order valence-electron chi connectivity index (χ3n) is 4.27. The molecule has 2 N–H and O–H groups in total. The van der Waals surface area contributed by atoms with Crippen LogP contribution in [0.3, 0.4) is 0 Å². The zero-order valence-electron chi connectivity index (χ0n) is 12.6. The number of anilines is 1. The first kappa shape index (κ1) is 15.3. The van der Waals surface area contributed by atoms with Gasteiger partial charge in [-0.2, -0.15) is 0 Å². The number of amidine groups is 1. The zero-order chi connectivity index (χ0) is 16.7. The van der Waals surface area contributed by atoms with Crippen LogP contribution in [0.1, 0.15) is 0 Å². The molecule has 1 fully saturated rings. The normalized spacial score (nSPS) is 23.5. The molecule has 0 bridgehead atoms. The maximum absolute atomic E-state index is 13.2. The summed E-state index contributed by atoms with van der Waals surface area (Å²) < 4.78 is 28.1. The Morgan fingerprint density at radius 1 is 1.08 bits per heavy atom. The molecule has 0 radical (unpaired) electrons. The van der Waals surface area contributed by atoms with Crippen LogP contribution in [0.25, 0.3) is 0 Å². The summed E-state index contributed by atoms with van der Waals surface area (Å²) in [4.78, 5) is 14.3. The molecule has 0 aliphatic carbocycles. The van der Waals surface area contributed by atoms with Crippen molar-refractivity contribution in [2.24, 2.45) is 11.7 Å². The lowest BCUT2D eigenvalue weighted by Gasteiger charge is -2.25. The van der Waals surface area contributed by atoms with Gasteiger partial charge in [0.2, 0.25) is 5.95 Å². The first-order valence-corrected chi connectivity index (χ1v) is 8.49. The standard InChI is InChI=1S/C15H14F2N6S/c16-10-1-2-13(19-3-10)23-12-7-22(6-9(12)8-24-14(23)18)15-20-4-11(17)5-21-15/h1-5,9,12,18H,6-8H2/p+1/t9-,12-/m0/s1. The van der Waals surface area contributed by atoms with Crippen LogP contribution >= 0.6 is 11.8 Å². The predicted octanol–water partition coefficient (Wildman–Crippen LogP) is 1.36. The number of aromatic nitrogens is 3. The lowest BCUT2D eigenvalue weighted by Crippen LogP contribution is -2.42. The Bertz CT molecular complexity index is 780. The van der Waals surface area contributed by atoms with Crippen molar-refractivity contribution >= 4 is 28.7 Å². The molecule has 124 valence electrons. The highest BCUT2D eigenvalue weighted by molar-refractivity contribution is 8.13. The fraction of sp³-hybridized carbons (Fsp3) is 0.333. The zero-order valence-corrected chi connectivity index (χ0v) is 13.5. The highest BCUT2D eigenvalue weighted by Gasteiger charge is 2.43. The highest BCUT2D eigenvalue weighted by Crippen LogP contribution is 2.33. The minimum absolute atomic E-state index is 0.0952. The number of pyridine rings is 1. The first-order valence-electron chi connectivity index (χ1n) is 7.50. The summed E-state index contributed by atoms with van der Waals surface area (Å²) in [6.45, 7) is 1.41. The summed E-state index contributed by atoms with van der Waals surface area (Å²) >= 11 is 1.56. The SMILES string of the molecule is NC1=[N+](c2ccc(F)cn2)[C@H]2CN(c3ncc(F)cn3)C[C@H]2CS1. The van der Waals surface area contributed by atoms with Gasteiger partial charge in [0, 0.05) is 24.3 Å². The molecule has 4 rings (SSSR count). The Morgan fingerprint density at radius 3 is 2.54 bits per heavy atom. The molecule has 4 heterocycles. The third kappa shape index (κ3) is 2.68. The third-order valence-corrected chi connectivity index (χ3v) is 5.36. The van der Waals surface area contributed by atoms with Gasteiger partial charge in [-0.15, -0.1) is 4.98 Å². The molecule has 2 atom stereocenters. The van der Waals surface area contributed by atoms with Crippen LogP contribution in [0.4, 0.5) is 20.5 Å². The first-order chi connectivity index (χ1) is 11.6. The maximum atomic E-state index is 13.2. The van der Waals surface area contributed by atoms with E-state index in [-0.39, 0.29) is 11.9 Å². The Balaban J connectivity index is 1.64. The van der Waals surface area contributed by atoms with Crippen LogP contribution in [0.15, 0.2) is 30.7 Å². The van der Waals surface area contributed by atoms with E-state index >= 15 is 0 Å². The van der Waals surface area contributed by atoms with Gasteiger partial charge >= 0.3 is 0 Å². The molecule has 0 saturated carbocycles. The van der Waals surface area contributed by atoms with Gasteiger partial charge in [0.05, 0.1) is 18.9 Å². The van der Waals surface area contributed by atoms with Crippen molar-refractivity contribution in [1.29, 1.82) is 0 Å². The average molecular weight is 349 g/mol. The van der Waals surface area contributed by atoms with E-state index in [1.807, 2.05) is 9.48 Å². The molecule has 0 aromatic carbocycles. The molecule has 1 saturated heterocycles. The number of rotatable bonds is 2. The number of nitrogens with zero attached hydrogens (tertiary/aromatic N) is 5. The molecule has 9 heteroatoms. The Labute approximate surface area is 141 Å². The molecule has 2 aliphatic heterocycles. The predicted molar refractivity (Wildman–Crippen MR) is 87.2 cm³/mol. The van der Waals surface area contributed by atoms with Crippen molar-refractivity contribution in [3.63, 3.8) is 0 Å². The van der Waals surface area contributed by atoms with Crippen LogP contribution in [-0.2, 0) is 0 Å². The Kier molecular flexibility index (Phi) is 3.79. The number of hydrogen-bond acceptors (Lipinski definition) is 6. The molecule has 2 aliphatic rings. The van der Waals surface area contributed by atoms with Crippen molar-refractivity contribution in [1.82, 2.24) is 15.0 Å². The van der Waals surface area contributed by atoms with Crippen LogP contribution < -0.4 is 10.6 Å². The number of nitrogens with two attached hydrogens (primary N) is 1. The minimum Gasteiger partial charge on any atom is -0.337 e. The van der Waals surface area contributed by atoms with Gasteiger partial charge in [0.15, 0.2) is 11.6 Å². The average Bonchev–Trinajstić information content (AvgIpc) is 3.01. The monoisotopic (exact) mass is 349 g/mol. The van der Waals surface area contributed by atoms with E-state index in [9.17, 15) is 8.78 Å². The van der Waals surface area contributed by atoms with E-state index in [1.165, 1.54) is 24.7 Å². The van der Waals surface area contributed by atoms with Gasteiger partial charge in [-0.3, -0.25) is 0 Å². The minimum atomic E-state index is -0.458. The summed E-state index contributed by atoms with van der Waals surface area (Å²) in [6.07, 6.45) is 3.52. The molecule has 0 spiro atoms. The van der Waals surface area contributed by atoms with Crippen molar-refractivity contribution in [3.05, 3.63) is 42.4 Å². The number of hydrogen-bond donors (Lipinski definition) is 1. The highest BCUT2D eigenvalue weighted by atomic mass is 32.2. The summed E-state index contributed by atoms with van der Waals surface area (Å²) in [6, 6.07) is 3.10. The summed E-state index contributed by atoms with van der Waals surface area (Å²) in [7, 11) is 0. The van der Waals surface area contributed by atoms with E-state index in [4.69, 9.17) is 5.73 Å². The van der Waals surface area contributed by atoms with E-state index in [2.05, 4.69) is 15.0 Å². The number of thioether (sulfide) groups is 1. The largest absolute Gasteiger partial charge is 0.337 e. The van der Waals surface area contributed by atoms with Crippen molar-refractivity contribution < 1.29 is 13.4 Å². The molecule has 2 aromatic rings. The van der Waals surface area contributed by atoms with Gasteiger partial charge in [-0.1, -0.05) is 11.8 Å². The van der Waals surface area contributed by atoms with Crippen molar-refractivity contribution in [2.45, 2.75) is 6.04 Å². The Hall–Kier alpha value is -2.29. The molecule has 0 unspecified atom stereocenters. The smallest absolute Gasteiger partial charge is 0.263 e. The van der Waals surface area contributed by atoms with Crippen LogP contribution in [0.5, 0.6) is 0 Å². The van der Waals surface area contributed by atoms with Gasteiger partial charge in [0.25, 0.3) is 11.0 Å². The second kappa shape index (κ2) is 5.97. The second-order valence-corrected chi connectivity index (χ2v) is 6.83. The fourth-order valence-corrected chi connectivity index (χ4v) is 4.24. The quantitative estimate of drug-likeness (QED) is 0.826. The molecule has 2 aromatic heterocycles.